The van der Waals surface area contributed by atoms with Crippen LogP contribution < -0.4 is 5.32 Å². The number of aryl methyl sites for hydroxylation is 2. The zero-order valence-corrected chi connectivity index (χ0v) is 13.2. The van der Waals surface area contributed by atoms with E-state index < -0.39 is 0 Å². The lowest BCUT2D eigenvalue weighted by Crippen LogP contribution is -2.07. The molecule has 0 radical (unpaired) electrons. The lowest BCUT2D eigenvalue weighted by atomic mass is 10.2. The first-order valence-electron chi connectivity index (χ1n) is 7.56. The van der Waals surface area contributed by atoms with Gasteiger partial charge in [-0.3, -0.25) is 4.98 Å². The first-order chi connectivity index (χ1) is 11.3. The standard InChI is InChI=1S/C16H18N6O/c1-3-6-12-9-18-11(2)20-15(12)19-10-14-21-16(22-23-14)13-7-4-5-8-17-13/h4-5,7-9H,3,6,10H2,1-2H3,(H,18,19,20). The third-order valence-electron chi connectivity index (χ3n) is 3.27. The van der Waals surface area contributed by atoms with Gasteiger partial charge in [-0.1, -0.05) is 24.6 Å². The molecule has 0 spiro atoms. The summed E-state index contributed by atoms with van der Waals surface area (Å²) in [5.41, 5.74) is 1.77. The van der Waals surface area contributed by atoms with E-state index >= 15 is 0 Å². The van der Waals surface area contributed by atoms with Gasteiger partial charge in [0.05, 0.1) is 6.54 Å². The predicted octanol–water partition coefficient (Wildman–Crippen LogP) is 2.79. The summed E-state index contributed by atoms with van der Waals surface area (Å²) in [7, 11) is 0. The van der Waals surface area contributed by atoms with Crippen LogP contribution in [0.4, 0.5) is 5.82 Å². The molecule has 7 heteroatoms. The Morgan fingerprint density at radius 1 is 1.17 bits per heavy atom. The zero-order chi connectivity index (χ0) is 16.1. The molecule has 23 heavy (non-hydrogen) atoms. The number of hydrogen-bond acceptors (Lipinski definition) is 7. The van der Waals surface area contributed by atoms with Crippen molar-refractivity contribution in [1.29, 1.82) is 0 Å². The van der Waals surface area contributed by atoms with Gasteiger partial charge in [0.25, 0.3) is 0 Å². The van der Waals surface area contributed by atoms with Gasteiger partial charge in [-0.25, -0.2) is 9.97 Å². The molecule has 0 amide bonds. The van der Waals surface area contributed by atoms with E-state index in [-0.39, 0.29) is 0 Å². The number of nitrogens with zero attached hydrogens (tertiary/aromatic N) is 5. The fourth-order valence-electron chi connectivity index (χ4n) is 2.19. The maximum absolute atomic E-state index is 5.26. The molecule has 0 bridgehead atoms. The number of pyridine rings is 1. The molecule has 0 unspecified atom stereocenters. The number of rotatable bonds is 6. The Labute approximate surface area is 134 Å². The minimum atomic E-state index is 0.410. The van der Waals surface area contributed by atoms with Crippen LogP contribution in [0, 0.1) is 6.92 Å². The van der Waals surface area contributed by atoms with Crippen LogP contribution in [0.25, 0.3) is 11.5 Å². The number of aromatic nitrogens is 5. The van der Waals surface area contributed by atoms with Crippen molar-refractivity contribution in [2.75, 3.05) is 5.32 Å². The van der Waals surface area contributed by atoms with Crippen molar-refractivity contribution in [3.05, 3.63) is 47.9 Å². The Hall–Kier alpha value is -2.83. The SMILES string of the molecule is CCCc1cnc(C)nc1NCc1nc(-c2ccccn2)no1. The van der Waals surface area contributed by atoms with E-state index in [4.69, 9.17) is 4.52 Å². The Balaban J connectivity index is 1.72. The second-order valence-electron chi connectivity index (χ2n) is 5.12. The van der Waals surface area contributed by atoms with E-state index in [0.717, 1.165) is 30.0 Å². The Morgan fingerprint density at radius 2 is 2.09 bits per heavy atom. The lowest BCUT2D eigenvalue weighted by molar-refractivity contribution is 0.383. The maximum atomic E-state index is 5.26. The van der Waals surface area contributed by atoms with Crippen molar-refractivity contribution in [3.8, 4) is 11.5 Å². The van der Waals surface area contributed by atoms with Gasteiger partial charge in [0.15, 0.2) is 0 Å². The van der Waals surface area contributed by atoms with Crippen molar-refractivity contribution >= 4 is 5.82 Å². The van der Waals surface area contributed by atoms with Crippen LogP contribution in [0.3, 0.4) is 0 Å². The van der Waals surface area contributed by atoms with E-state index in [9.17, 15) is 0 Å². The summed E-state index contributed by atoms with van der Waals surface area (Å²) < 4.78 is 5.26. The van der Waals surface area contributed by atoms with Crippen LogP contribution in [0.5, 0.6) is 0 Å². The monoisotopic (exact) mass is 310 g/mol. The molecular weight excluding hydrogens is 292 g/mol. The molecule has 0 fully saturated rings. The fraction of sp³-hybridized carbons (Fsp3) is 0.312. The van der Waals surface area contributed by atoms with Gasteiger partial charge >= 0.3 is 0 Å². The summed E-state index contributed by atoms with van der Waals surface area (Å²) in [5, 5.41) is 7.21. The molecule has 3 heterocycles. The van der Waals surface area contributed by atoms with Crippen LogP contribution in [0.1, 0.15) is 30.6 Å². The van der Waals surface area contributed by atoms with Crippen LogP contribution in [-0.4, -0.2) is 25.1 Å². The highest BCUT2D eigenvalue weighted by Gasteiger charge is 2.11. The van der Waals surface area contributed by atoms with Gasteiger partial charge in [0.2, 0.25) is 11.7 Å². The number of nitrogens with one attached hydrogen (secondary N) is 1. The quantitative estimate of drug-likeness (QED) is 0.748. The van der Waals surface area contributed by atoms with E-state index in [1.54, 1.807) is 6.20 Å². The minimum Gasteiger partial charge on any atom is -0.361 e. The van der Waals surface area contributed by atoms with Crippen molar-refractivity contribution in [2.24, 2.45) is 0 Å². The number of anilines is 1. The van der Waals surface area contributed by atoms with E-state index in [1.165, 1.54) is 0 Å². The molecule has 118 valence electrons. The highest BCUT2D eigenvalue weighted by atomic mass is 16.5. The van der Waals surface area contributed by atoms with E-state index in [2.05, 4.69) is 37.3 Å². The molecule has 0 saturated heterocycles. The third kappa shape index (κ3) is 3.68. The molecule has 7 nitrogen and oxygen atoms in total. The Morgan fingerprint density at radius 3 is 2.87 bits per heavy atom. The van der Waals surface area contributed by atoms with Crippen LogP contribution in [-0.2, 0) is 13.0 Å². The molecule has 0 aliphatic rings. The minimum absolute atomic E-state index is 0.410. The number of hydrogen-bond donors (Lipinski definition) is 1. The molecule has 1 N–H and O–H groups in total. The normalized spacial score (nSPS) is 10.7. The predicted molar refractivity (Wildman–Crippen MR) is 85.6 cm³/mol. The summed E-state index contributed by atoms with van der Waals surface area (Å²) in [6.07, 6.45) is 5.52. The molecule has 0 saturated carbocycles. The largest absolute Gasteiger partial charge is 0.361 e. The summed E-state index contributed by atoms with van der Waals surface area (Å²) in [5.74, 6) is 2.52. The van der Waals surface area contributed by atoms with E-state index in [0.29, 0.717) is 24.0 Å². The average molecular weight is 310 g/mol. The Bertz CT molecular complexity index is 771. The molecule has 0 aromatic carbocycles. The van der Waals surface area contributed by atoms with Gasteiger partial charge in [-0.2, -0.15) is 4.98 Å². The lowest BCUT2D eigenvalue weighted by Gasteiger charge is -2.09. The highest BCUT2D eigenvalue weighted by molar-refractivity contribution is 5.47. The summed E-state index contributed by atoms with van der Waals surface area (Å²) in [6, 6.07) is 5.57. The van der Waals surface area contributed by atoms with Crippen LogP contribution in [0.15, 0.2) is 35.1 Å². The molecular formula is C16H18N6O. The second-order valence-corrected chi connectivity index (χ2v) is 5.12. The molecule has 0 aliphatic heterocycles. The van der Waals surface area contributed by atoms with Gasteiger partial charge in [-0.15, -0.1) is 0 Å². The van der Waals surface area contributed by atoms with Crippen molar-refractivity contribution in [2.45, 2.75) is 33.2 Å². The van der Waals surface area contributed by atoms with Gasteiger partial charge in [0, 0.05) is 18.0 Å². The molecule has 3 rings (SSSR count). The smallest absolute Gasteiger partial charge is 0.246 e. The zero-order valence-electron chi connectivity index (χ0n) is 13.2. The van der Waals surface area contributed by atoms with Gasteiger partial charge < -0.3 is 9.84 Å². The van der Waals surface area contributed by atoms with Crippen LogP contribution in [0.2, 0.25) is 0 Å². The molecule has 3 aromatic heterocycles. The Kier molecular flexibility index (Phi) is 4.56. The fourth-order valence-corrected chi connectivity index (χ4v) is 2.19. The summed E-state index contributed by atoms with van der Waals surface area (Å²) in [4.78, 5) is 17.2. The second kappa shape index (κ2) is 6.95. The first-order valence-corrected chi connectivity index (χ1v) is 7.56. The van der Waals surface area contributed by atoms with Crippen LogP contribution >= 0.6 is 0 Å². The average Bonchev–Trinajstić information content (AvgIpc) is 3.05. The van der Waals surface area contributed by atoms with Crippen molar-refractivity contribution in [1.82, 2.24) is 25.1 Å². The summed E-state index contributed by atoms with van der Waals surface area (Å²) in [6.45, 7) is 4.40. The van der Waals surface area contributed by atoms with Crippen molar-refractivity contribution in [3.63, 3.8) is 0 Å². The van der Waals surface area contributed by atoms with Gasteiger partial charge in [0.1, 0.15) is 17.3 Å². The van der Waals surface area contributed by atoms with Gasteiger partial charge in [-0.05, 0) is 25.5 Å². The van der Waals surface area contributed by atoms with Crippen molar-refractivity contribution < 1.29 is 4.52 Å². The molecule has 3 aromatic rings. The molecule has 0 atom stereocenters. The first kappa shape index (κ1) is 15.1. The van der Waals surface area contributed by atoms with E-state index in [1.807, 2.05) is 31.3 Å². The molecule has 0 aliphatic carbocycles. The topological polar surface area (TPSA) is 89.6 Å². The highest BCUT2D eigenvalue weighted by Crippen LogP contribution is 2.16. The summed E-state index contributed by atoms with van der Waals surface area (Å²) >= 11 is 0. The maximum Gasteiger partial charge on any atom is 0.246 e. The third-order valence-corrected chi connectivity index (χ3v) is 3.27.